The molecule has 1 aromatic rings. The molecule has 0 saturated heterocycles. The fourth-order valence-electron chi connectivity index (χ4n) is 1.67. The fourth-order valence-corrected chi connectivity index (χ4v) is 1.67. The van der Waals surface area contributed by atoms with Gasteiger partial charge in [0.2, 0.25) is 0 Å². The van der Waals surface area contributed by atoms with Crippen LogP contribution >= 0.6 is 0 Å². The molecule has 0 aliphatic carbocycles. The second-order valence-corrected chi connectivity index (χ2v) is 4.54. The maximum Gasteiger partial charge on any atom is 0.337 e. The second kappa shape index (κ2) is 6.13. The molecule has 17 heavy (non-hydrogen) atoms. The van der Waals surface area contributed by atoms with Crippen LogP contribution in [0.3, 0.4) is 0 Å². The fraction of sp³-hybridized carbons (Fsp3) is 0.462. The average Bonchev–Trinajstić information content (AvgIpc) is 2.25. The topological polar surface area (TPSA) is 75.3 Å². The van der Waals surface area contributed by atoms with Crippen LogP contribution in [-0.4, -0.2) is 17.6 Å². The summed E-state index contributed by atoms with van der Waals surface area (Å²) >= 11 is 0. The standard InChI is InChI=1S/C13H20N2O2/c1-9(2)5-4-8-15-12-10(13(16)17)6-3-7-11(12)14/h3,6-7,9,15H,4-5,8,14H2,1-2H3,(H,16,17). The Labute approximate surface area is 102 Å². The van der Waals surface area contributed by atoms with Gasteiger partial charge in [-0.15, -0.1) is 0 Å². The molecule has 0 aliphatic rings. The highest BCUT2D eigenvalue weighted by molar-refractivity contribution is 5.97. The molecule has 0 aromatic heterocycles. The number of rotatable bonds is 6. The summed E-state index contributed by atoms with van der Waals surface area (Å²) in [6.45, 7) is 5.08. The molecule has 0 aliphatic heterocycles. The lowest BCUT2D eigenvalue weighted by Gasteiger charge is -2.12. The van der Waals surface area contributed by atoms with E-state index in [9.17, 15) is 4.79 Å². The Kier molecular flexibility index (Phi) is 4.82. The molecule has 1 aromatic carbocycles. The number of para-hydroxylation sites is 1. The number of nitrogens with two attached hydrogens (primary N) is 1. The van der Waals surface area contributed by atoms with Crippen molar-refractivity contribution in [1.82, 2.24) is 0 Å². The number of carboxylic acid groups (broad SMARTS) is 1. The van der Waals surface area contributed by atoms with Crippen LogP contribution in [0.1, 0.15) is 37.0 Å². The minimum Gasteiger partial charge on any atom is -0.478 e. The van der Waals surface area contributed by atoms with Crippen molar-refractivity contribution < 1.29 is 9.90 Å². The molecule has 0 bridgehead atoms. The molecule has 1 rings (SSSR count). The summed E-state index contributed by atoms with van der Waals surface area (Å²) in [6, 6.07) is 4.92. The number of nitrogens with one attached hydrogen (secondary N) is 1. The summed E-state index contributed by atoms with van der Waals surface area (Å²) in [5, 5.41) is 12.2. The molecule has 0 amide bonds. The van der Waals surface area contributed by atoms with Crippen molar-refractivity contribution in [3.8, 4) is 0 Å². The molecule has 0 atom stereocenters. The third-order valence-electron chi connectivity index (χ3n) is 2.59. The van der Waals surface area contributed by atoms with E-state index >= 15 is 0 Å². The quantitative estimate of drug-likeness (QED) is 0.524. The Morgan fingerprint density at radius 2 is 2.18 bits per heavy atom. The van der Waals surface area contributed by atoms with E-state index in [2.05, 4.69) is 19.2 Å². The van der Waals surface area contributed by atoms with Crippen LogP contribution in [0.4, 0.5) is 11.4 Å². The first-order valence-corrected chi connectivity index (χ1v) is 5.88. The molecular weight excluding hydrogens is 216 g/mol. The van der Waals surface area contributed by atoms with Crippen molar-refractivity contribution in [3.05, 3.63) is 23.8 Å². The van der Waals surface area contributed by atoms with E-state index in [1.165, 1.54) is 0 Å². The number of benzene rings is 1. The van der Waals surface area contributed by atoms with E-state index in [4.69, 9.17) is 10.8 Å². The van der Waals surface area contributed by atoms with Crippen LogP contribution in [-0.2, 0) is 0 Å². The van der Waals surface area contributed by atoms with E-state index in [1.54, 1.807) is 18.2 Å². The van der Waals surface area contributed by atoms with Crippen LogP contribution in [0.5, 0.6) is 0 Å². The first-order chi connectivity index (χ1) is 8.02. The van der Waals surface area contributed by atoms with Gasteiger partial charge in [0.25, 0.3) is 0 Å². The summed E-state index contributed by atoms with van der Waals surface area (Å²) < 4.78 is 0. The highest BCUT2D eigenvalue weighted by Crippen LogP contribution is 2.23. The van der Waals surface area contributed by atoms with Crippen LogP contribution in [0.25, 0.3) is 0 Å². The van der Waals surface area contributed by atoms with E-state index in [0.29, 0.717) is 17.3 Å². The highest BCUT2D eigenvalue weighted by atomic mass is 16.4. The van der Waals surface area contributed by atoms with Crippen molar-refractivity contribution in [1.29, 1.82) is 0 Å². The van der Waals surface area contributed by atoms with Gasteiger partial charge in [0.15, 0.2) is 0 Å². The van der Waals surface area contributed by atoms with E-state index in [-0.39, 0.29) is 5.56 Å². The van der Waals surface area contributed by atoms with Gasteiger partial charge >= 0.3 is 5.97 Å². The summed E-state index contributed by atoms with van der Waals surface area (Å²) in [5.41, 5.74) is 7.02. The highest BCUT2D eigenvalue weighted by Gasteiger charge is 2.11. The van der Waals surface area contributed by atoms with Crippen molar-refractivity contribution in [2.45, 2.75) is 26.7 Å². The number of hydrogen-bond donors (Lipinski definition) is 3. The van der Waals surface area contributed by atoms with E-state index in [0.717, 1.165) is 19.4 Å². The summed E-state index contributed by atoms with van der Waals surface area (Å²) in [5.74, 6) is -0.299. The molecule has 0 heterocycles. The largest absolute Gasteiger partial charge is 0.478 e. The van der Waals surface area contributed by atoms with Gasteiger partial charge in [0.05, 0.1) is 16.9 Å². The zero-order valence-corrected chi connectivity index (χ0v) is 10.4. The molecule has 0 radical (unpaired) electrons. The third-order valence-corrected chi connectivity index (χ3v) is 2.59. The molecular formula is C13H20N2O2. The van der Waals surface area contributed by atoms with E-state index in [1.807, 2.05) is 0 Å². The minimum absolute atomic E-state index is 0.231. The van der Waals surface area contributed by atoms with Gasteiger partial charge in [-0.2, -0.15) is 0 Å². The second-order valence-electron chi connectivity index (χ2n) is 4.54. The first-order valence-electron chi connectivity index (χ1n) is 5.88. The lowest BCUT2D eigenvalue weighted by Crippen LogP contribution is -2.10. The van der Waals surface area contributed by atoms with Gasteiger partial charge < -0.3 is 16.2 Å². The zero-order valence-electron chi connectivity index (χ0n) is 10.4. The Morgan fingerprint density at radius 1 is 1.47 bits per heavy atom. The van der Waals surface area contributed by atoms with Gasteiger partial charge in [-0.1, -0.05) is 19.9 Å². The number of anilines is 2. The summed E-state index contributed by atoms with van der Waals surface area (Å²) in [4.78, 5) is 11.0. The Hall–Kier alpha value is -1.71. The van der Waals surface area contributed by atoms with Gasteiger partial charge in [-0.3, -0.25) is 0 Å². The Morgan fingerprint density at radius 3 is 2.76 bits per heavy atom. The first kappa shape index (κ1) is 13.4. The normalized spacial score (nSPS) is 10.5. The molecule has 0 spiro atoms. The lowest BCUT2D eigenvalue weighted by atomic mass is 10.1. The molecule has 4 nitrogen and oxygen atoms in total. The molecule has 4 N–H and O–H groups in total. The summed E-state index contributed by atoms with van der Waals surface area (Å²) in [7, 11) is 0. The predicted molar refractivity (Wildman–Crippen MR) is 70.4 cm³/mol. The third kappa shape index (κ3) is 3.98. The van der Waals surface area contributed by atoms with Crippen molar-refractivity contribution in [3.63, 3.8) is 0 Å². The van der Waals surface area contributed by atoms with Gasteiger partial charge in [0, 0.05) is 6.54 Å². The van der Waals surface area contributed by atoms with Gasteiger partial charge in [0.1, 0.15) is 0 Å². The molecule has 0 saturated carbocycles. The number of carbonyl (C=O) groups is 1. The average molecular weight is 236 g/mol. The number of carboxylic acids is 1. The summed E-state index contributed by atoms with van der Waals surface area (Å²) in [6.07, 6.45) is 2.12. The van der Waals surface area contributed by atoms with Gasteiger partial charge in [-0.05, 0) is 30.9 Å². The van der Waals surface area contributed by atoms with Crippen molar-refractivity contribution in [2.24, 2.45) is 5.92 Å². The van der Waals surface area contributed by atoms with Crippen LogP contribution in [0.2, 0.25) is 0 Å². The smallest absolute Gasteiger partial charge is 0.337 e. The molecule has 4 heteroatoms. The van der Waals surface area contributed by atoms with E-state index < -0.39 is 5.97 Å². The van der Waals surface area contributed by atoms with Gasteiger partial charge in [-0.25, -0.2) is 4.79 Å². The van der Waals surface area contributed by atoms with Crippen LogP contribution < -0.4 is 11.1 Å². The maximum atomic E-state index is 11.0. The lowest BCUT2D eigenvalue weighted by molar-refractivity contribution is 0.0698. The zero-order chi connectivity index (χ0) is 12.8. The van der Waals surface area contributed by atoms with Crippen LogP contribution in [0.15, 0.2) is 18.2 Å². The minimum atomic E-state index is -0.955. The van der Waals surface area contributed by atoms with Crippen molar-refractivity contribution in [2.75, 3.05) is 17.6 Å². The monoisotopic (exact) mass is 236 g/mol. The molecule has 94 valence electrons. The SMILES string of the molecule is CC(C)CCCNc1c(N)cccc1C(=O)O. The molecule has 0 unspecified atom stereocenters. The molecule has 0 fully saturated rings. The Balaban J connectivity index is 2.66. The number of nitrogen functional groups attached to an aromatic ring is 1. The Bertz CT molecular complexity index is 389. The van der Waals surface area contributed by atoms with Crippen LogP contribution in [0, 0.1) is 5.92 Å². The predicted octanol–water partition coefficient (Wildman–Crippen LogP) is 2.82. The number of aromatic carboxylic acids is 1. The maximum absolute atomic E-state index is 11.0. The number of hydrogen-bond acceptors (Lipinski definition) is 3. The van der Waals surface area contributed by atoms with Crippen molar-refractivity contribution >= 4 is 17.3 Å².